The van der Waals surface area contributed by atoms with Crippen LogP contribution < -0.4 is 10.1 Å². The smallest absolute Gasteiger partial charge is 0.240 e. The van der Waals surface area contributed by atoms with Crippen LogP contribution in [0.5, 0.6) is 11.8 Å². The number of H-pyrrole nitrogens is 1. The Labute approximate surface area is 119 Å². The Morgan fingerprint density at radius 2 is 1.95 bits per heavy atom. The highest BCUT2D eigenvalue weighted by Crippen LogP contribution is 2.25. The third-order valence-corrected chi connectivity index (χ3v) is 2.62. The van der Waals surface area contributed by atoms with Gasteiger partial charge in [-0.1, -0.05) is 20.8 Å². The van der Waals surface area contributed by atoms with Crippen molar-refractivity contribution in [3.8, 4) is 11.8 Å². The lowest BCUT2D eigenvalue weighted by Gasteiger charge is -2.18. The largest absolute Gasteiger partial charge is 0.419 e. The second-order valence-corrected chi connectivity index (χ2v) is 5.69. The minimum absolute atomic E-state index is 0.148. The van der Waals surface area contributed by atoms with Gasteiger partial charge in [-0.25, -0.2) is 4.98 Å². The van der Waals surface area contributed by atoms with Gasteiger partial charge in [-0.05, 0) is 13.8 Å². The van der Waals surface area contributed by atoms with E-state index in [4.69, 9.17) is 4.74 Å². The average molecular weight is 275 g/mol. The van der Waals surface area contributed by atoms with Crippen LogP contribution in [0.3, 0.4) is 0 Å². The number of hydrogen-bond acceptors (Lipinski definition) is 5. The summed E-state index contributed by atoms with van der Waals surface area (Å²) in [5, 5.41) is 10.1. The zero-order valence-corrected chi connectivity index (χ0v) is 12.6. The van der Waals surface area contributed by atoms with Gasteiger partial charge < -0.3 is 10.1 Å². The molecule has 2 aromatic heterocycles. The Kier molecular flexibility index (Phi) is 3.92. The number of aromatic amines is 1. The number of anilines is 1. The third kappa shape index (κ3) is 3.46. The first-order valence-electron chi connectivity index (χ1n) is 6.72. The van der Waals surface area contributed by atoms with Crippen LogP contribution in [-0.2, 0) is 5.41 Å². The Morgan fingerprint density at radius 3 is 2.50 bits per heavy atom. The SMILES string of the molecule is CCNc1cc(Oc2cc(C)[nH]n2)nc(C(C)(C)C)n1. The first-order valence-corrected chi connectivity index (χ1v) is 6.72. The topological polar surface area (TPSA) is 75.7 Å². The lowest BCUT2D eigenvalue weighted by atomic mass is 9.96. The highest BCUT2D eigenvalue weighted by molar-refractivity contribution is 5.40. The van der Waals surface area contributed by atoms with E-state index in [1.54, 1.807) is 6.07 Å². The Balaban J connectivity index is 2.33. The summed E-state index contributed by atoms with van der Waals surface area (Å²) < 4.78 is 5.69. The van der Waals surface area contributed by atoms with Gasteiger partial charge in [0.2, 0.25) is 11.8 Å². The molecule has 0 aromatic carbocycles. The minimum Gasteiger partial charge on any atom is -0.419 e. The molecule has 0 spiro atoms. The molecule has 0 atom stereocenters. The van der Waals surface area contributed by atoms with Crippen LogP contribution in [0, 0.1) is 6.92 Å². The summed E-state index contributed by atoms with van der Waals surface area (Å²) in [6.45, 7) is 10.9. The second kappa shape index (κ2) is 5.48. The van der Waals surface area contributed by atoms with Crippen molar-refractivity contribution in [2.75, 3.05) is 11.9 Å². The molecule has 2 heterocycles. The second-order valence-electron chi connectivity index (χ2n) is 5.69. The summed E-state index contributed by atoms with van der Waals surface area (Å²) in [6.07, 6.45) is 0. The van der Waals surface area contributed by atoms with E-state index in [1.807, 2.05) is 19.9 Å². The molecule has 0 saturated carbocycles. The highest BCUT2D eigenvalue weighted by Gasteiger charge is 2.20. The zero-order valence-electron chi connectivity index (χ0n) is 12.6. The first-order chi connectivity index (χ1) is 9.38. The van der Waals surface area contributed by atoms with Crippen molar-refractivity contribution < 1.29 is 4.74 Å². The first kappa shape index (κ1) is 14.3. The summed E-state index contributed by atoms with van der Waals surface area (Å²) in [7, 11) is 0. The van der Waals surface area contributed by atoms with Crippen molar-refractivity contribution in [2.24, 2.45) is 0 Å². The maximum absolute atomic E-state index is 5.69. The summed E-state index contributed by atoms with van der Waals surface area (Å²) in [5.41, 5.74) is 0.794. The van der Waals surface area contributed by atoms with Gasteiger partial charge in [0.15, 0.2) is 0 Å². The molecular weight excluding hydrogens is 254 g/mol. The Morgan fingerprint density at radius 1 is 1.20 bits per heavy atom. The summed E-state index contributed by atoms with van der Waals surface area (Å²) >= 11 is 0. The molecule has 0 aliphatic carbocycles. The van der Waals surface area contributed by atoms with E-state index in [0.29, 0.717) is 11.8 Å². The van der Waals surface area contributed by atoms with E-state index in [1.165, 1.54) is 0 Å². The van der Waals surface area contributed by atoms with Crippen LogP contribution in [0.4, 0.5) is 5.82 Å². The van der Waals surface area contributed by atoms with Crippen molar-refractivity contribution in [1.29, 1.82) is 0 Å². The monoisotopic (exact) mass is 275 g/mol. The number of ether oxygens (including phenoxy) is 1. The predicted octanol–water partition coefficient (Wildman–Crippen LogP) is 3.03. The summed E-state index contributed by atoms with van der Waals surface area (Å²) in [5.74, 6) is 2.49. The van der Waals surface area contributed by atoms with Gasteiger partial charge in [0.25, 0.3) is 0 Å². The quantitative estimate of drug-likeness (QED) is 0.897. The molecule has 108 valence electrons. The zero-order chi connectivity index (χ0) is 14.8. The maximum Gasteiger partial charge on any atom is 0.240 e. The molecule has 0 radical (unpaired) electrons. The van der Waals surface area contributed by atoms with Crippen LogP contribution >= 0.6 is 0 Å². The number of aromatic nitrogens is 4. The minimum atomic E-state index is -0.148. The molecule has 6 nitrogen and oxygen atoms in total. The third-order valence-electron chi connectivity index (χ3n) is 2.62. The highest BCUT2D eigenvalue weighted by atomic mass is 16.5. The van der Waals surface area contributed by atoms with Crippen LogP contribution in [0.2, 0.25) is 0 Å². The average Bonchev–Trinajstić information content (AvgIpc) is 2.74. The van der Waals surface area contributed by atoms with Crippen LogP contribution in [-0.4, -0.2) is 26.7 Å². The number of aryl methyl sites for hydroxylation is 1. The van der Waals surface area contributed by atoms with E-state index in [9.17, 15) is 0 Å². The predicted molar refractivity (Wildman–Crippen MR) is 78.3 cm³/mol. The summed E-state index contributed by atoms with van der Waals surface area (Å²) in [6, 6.07) is 3.61. The Hall–Kier alpha value is -2.11. The van der Waals surface area contributed by atoms with Gasteiger partial charge in [-0.3, -0.25) is 5.10 Å². The lowest BCUT2D eigenvalue weighted by Crippen LogP contribution is -2.17. The normalized spacial score (nSPS) is 11.4. The molecule has 2 rings (SSSR count). The molecule has 0 saturated heterocycles. The number of hydrogen-bond donors (Lipinski definition) is 2. The molecule has 6 heteroatoms. The van der Waals surface area contributed by atoms with Crippen LogP contribution in [0.25, 0.3) is 0 Å². The van der Waals surface area contributed by atoms with Crippen LogP contribution in [0.15, 0.2) is 12.1 Å². The fraction of sp³-hybridized carbons (Fsp3) is 0.500. The molecule has 0 fully saturated rings. The number of nitrogens with one attached hydrogen (secondary N) is 2. The van der Waals surface area contributed by atoms with E-state index in [-0.39, 0.29) is 5.41 Å². The van der Waals surface area contributed by atoms with Crippen molar-refractivity contribution in [2.45, 2.75) is 40.0 Å². The fourth-order valence-electron chi connectivity index (χ4n) is 1.64. The van der Waals surface area contributed by atoms with Gasteiger partial charge in [0, 0.05) is 29.8 Å². The van der Waals surface area contributed by atoms with Gasteiger partial charge in [-0.2, -0.15) is 4.98 Å². The van der Waals surface area contributed by atoms with Gasteiger partial charge in [0.05, 0.1) is 0 Å². The number of nitrogens with zero attached hydrogens (tertiary/aromatic N) is 3. The number of rotatable bonds is 4. The molecule has 0 aliphatic rings. The van der Waals surface area contributed by atoms with E-state index < -0.39 is 0 Å². The molecule has 0 bridgehead atoms. The van der Waals surface area contributed by atoms with Gasteiger partial charge in [0.1, 0.15) is 11.6 Å². The molecule has 20 heavy (non-hydrogen) atoms. The lowest BCUT2D eigenvalue weighted by molar-refractivity contribution is 0.430. The van der Waals surface area contributed by atoms with E-state index in [0.717, 1.165) is 23.9 Å². The van der Waals surface area contributed by atoms with Crippen molar-refractivity contribution >= 4 is 5.82 Å². The Bertz CT molecular complexity index is 585. The molecule has 2 aromatic rings. The molecule has 0 amide bonds. The maximum atomic E-state index is 5.69. The fourth-order valence-corrected chi connectivity index (χ4v) is 1.64. The van der Waals surface area contributed by atoms with E-state index >= 15 is 0 Å². The van der Waals surface area contributed by atoms with Crippen molar-refractivity contribution in [3.63, 3.8) is 0 Å². The molecule has 0 aliphatic heterocycles. The van der Waals surface area contributed by atoms with Crippen LogP contribution in [0.1, 0.15) is 39.2 Å². The van der Waals surface area contributed by atoms with Gasteiger partial charge in [-0.15, -0.1) is 5.10 Å². The summed E-state index contributed by atoms with van der Waals surface area (Å²) in [4.78, 5) is 8.98. The van der Waals surface area contributed by atoms with Gasteiger partial charge >= 0.3 is 0 Å². The molecule has 2 N–H and O–H groups in total. The molecule has 0 unspecified atom stereocenters. The van der Waals surface area contributed by atoms with Crippen molar-refractivity contribution in [3.05, 3.63) is 23.7 Å². The standard InChI is InChI=1S/C14H21N5O/c1-6-15-10-8-11(17-13(16-10)14(3,4)5)20-12-7-9(2)18-19-12/h7-8H,6H2,1-5H3,(H,18,19)(H,15,16,17). The van der Waals surface area contributed by atoms with Crippen molar-refractivity contribution in [1.82, 2.24) is 20.2 Å². The molecular formula is C14H21N5O. The van der Waals surface area contributed by atoms with E-state index in [2.05, 4.69) is 46.3 Å².